The van der Waals surface area contributed by atoms with Gasteiger partial charge >= 0.3 is 6.09 Å². The summed E-state index contributed by atoms with van der Waals surface area (Å²) in [6.07, 6.45) is 0.0752. The number of nitrogens with one attached hydrogen (secondary N) is 1. The van der Waals surface area contributed by atoms with Gasteiger partial charge in [-0.15, -0.1) is 0 Å². The molecule has 0 aliphatic heterocycles. The third kappa shape index (κ3) is 5.70. The molecule has 0 saturated heterocycles. The highest BCUT2D eigenvalue weighted by Gasteiger charge is 2.13. The summed E-state index contributed by atoms with van der Waals surface area (Å²) in [7, 11) is 0. The monoisotopic (exact) mass is 327 g/mol. The molecule has 2 aromatic rings. The first kappa shape index (κ1) is 18.0. The topological polar surface area (TPSA) is 58.6 Å². The minimum Gasteiger partial charge on any atom is -0.449 e. The minimum atomic E-state index is -0.483. The molecule has 1 atom stereocenters. The summed E-state index contributed by atoms with van der Waals surface area (Å²) in [6.45, 7) is 4.20. The minimum absolute atomic E-state index is 0.128. The predicted molar refractivity (Wildman–Crippen MR) is 95.8 cm³/mol. The van der Waals surface area contributed by atoms with Gasteiger partial charge in [-0.25, -0.2) is 4.79 Å². The molecule has 1 amide bonds. The van der Waals surface area contributed by atoms with Gasteiger partial charge in [0.05, 0.1) is 19.3 Å². The van der Waals surface area contributed by atoms with E-state index in [-0.39, 0.29) is 18.6 Å². The van der Waals surface area contributed by atoms with Gasteiger partial charge in [-0.3, -0.25) is 0 Å². The number of carbonyl (C=O) groups is 1. The summed E-state index contributed by atoms with van der Waals surface area (Å²) in [6, 6.07) is 17.9. The van der Waals surface area contributed by atoms with Gasteiger partial charge in [0.1, 0.15) is 0 Å². The fourth-order valence-electron chi connectivity index (χ4n) is 2.36. The quantitative estimate of drug-likeness (QED) is 0.816. The summed E-state index contributed by atoms with van der Waals surface area (Å²) >= 11 is 0. The highest BCUT2D eigenvalue weighted by atomic mass is 16.5. The SMILES string of the molecule is CC(C)COC(=O)N[C@@H](CO)Cc1ccc(-c2ccccc2)cc1. The molecule has 0 saturated carbocycles. The van der Waals surface area contributed by atoms with E-state index in [0.29, 0.717) is 13.0 Å². The van der Waals surface area contributed by atoms with E-state index in [0.717, 1.165) is 16.7 Å². The molecule has 128 valence electrons. The highest BCUT2D eigenvalue weighted by Crippen LogP contribution is 2.19. The van der Waals surface area contributed by atoms with E-state index in [1.807, 2.05) is 44.2 Å². The molecule has 4 nitrogen and oxygen atoms in total. The fraction of sp³-hybridized carbons (Fsp3) is 0.350. The molecule has 2 rings (SSSR count). The maximum Gasteiger partial charge on any atom is 0.407 e. The first-order valence-electron chi connectivity index (χ1n) is 8.27. The lowest BCUT2D eigenvalue weighted by Crippen LogP contribution is -2.39. The average molecular weight is 327 g/mol. The fourth-order valence-corrected chi connectivity index (χ4v) is 2.36. The largest absolute Gasteiger partial charge is 0.449 e. The number of carbonyl (C=O) groups excluding carboxylic acids is 1. The molecule has 2 aromatic carbocycles. The Morgan fingerprint density at radius 2 is 1.67 bits per heavy atom. The van der Waals surface area contributed by atoms with Crippen LogP contribution in [-0.2, 0) is 11.2 Å². The van der Waals surface area contributed by atoms with Crippen LogP contribution in [0.4, 0.5) is 4.79 Å². The molecular formula is C20H25NO3. The standard InChI is InChI=1S/C20H25NO3/c1-15(2)14-24-20(23)21-19(13-22)12-16-8-10-18(11-9-16)17-6-4-3-5-7-17/h3-11,15,19,22H,12-14H2,1-2H3,(H,21,23)/t19-/m1/s1. The van der Waals surface area contributed by atoms with Crippen LogP contribution in [0.2, 0.25) is 0 Å². The average Bonchev–Trinajstić information content (AvgIpc) is 2.60. The molecule has 0 aliphatic rings. The predicted octanol–water partition coefficient (Wildman–Crippen LogP) is 3.64. The van der Waals surface area contributed by atoms with Gasteiger partial charge in [0.2, 0.25) is 0 Å². The van der Waals surface area contributed by atoms with Gasteiger partial charge in [0.25, 0.3) is 0 Å². The Hall–Kier alpha value is -2.33. The molecule has 4 heteroatoms. The molecule has 0 aromatic heterocycles. The van der Waals surface area contributed by atoms with Crippen LogP contribution in [0.15, 0.2) is 54.6 Å². The van der Waals surface area contributed by atoms with Gasteiger partial charge in [0.15, 0.2) is 0 Å². The van der Waals surface area contributed by atoms with Crippen molar-refractivity contribution >= 4 is 6.09 Å². The second kappa shape index (κ2) is 9.08. The highest BCUT2D eigenvalue weighted by molar-refractivity contribution is 5.67. The zero-order valence-corrected chi connectivity index (χ0v) is 14.2. The Labute approximate surface area is 143 Å². The van der Waals surface area contributed by atoms with Gasteiger partial charge in [-0.2, -0.15) is 0 Å². The summed E-state index contributed by atoms with van der Waals surface area (Å²) in [4.78, 5) is 11.7. The van der Waals surface area contributed by atoms with Gasteiger partial charge in [0, 0.05) is 0 Å². The number of aliphatic hydroxyl groups is 1. The maximum absolute atomic E-state index is 11.7. The normalized spacial score (nSPS) is 12.0. The number of hydrogen-bond acceptors (Lipinski definition) is 3. The Bertz CT molecular complexity index is 623. The third-order valence-electron chi connectivity index (χ3n) is 3.63. The van der Waals surface area contributed by atoms with Crippen molar-refractivity contribution in [2.45, 2.75) is 26.3 Å². The van der Waals surface area contributed by atoms with E-state index >= 15 is 0 Å². The number of ether oxygens (including phenoxy) is 1. The van der Waals surface area contributed by atoms with E-state index in [2.05, 4.69) is 29.6 Å². The lowest BCUT2D eigenvalue weighted by Gasteiger charge is -2.17. The second-order valence-electron chi connectivity index (χ2n) is 6.28. The first-order valence-corrected chi connectivity index (χ1v) is 8.27. The first-order chi connectivity index (χ1) is 11.6. The van der Waals surface area contributed by atoms with Crippen LogP contribution in [0.3, 0.4) is 0 Å². The smallest absolute Gasteiger partial charge is 0.407 e. The van der Waals surface area contributed by atoms with Crippen molar-refractivity contribution in [2.75, 3.05) is 13.2 Å². The number of benzene rings is 2. The molecule has 0 bridgehead atoms. The molecule has 24 heavy (non-hydrogen) atoms. The van der Waals surface area contributed by atoms with Crippen LogP contribution in [0.1, 0.15) is 19.4 Å². The molecule has 0 spiro atoms. The Morgan fingerprint density at radius 1 is 1.04 bits per heavy atom. The van der Waals surface area contributed by atoms with Crippen molar-refractivity contribution in [1.29, 1.82) is 0 Å². The molecule has 0 aliphatic carbocycles. The van der Waals surface area contributed by atoms with Crippen LogP contribution in [0, 0.1) is 5.92 Å². The van der Waals surface area contributed by atoms with Gasteiger partial charge < -0.3 is 15.2 Å². The van der Waals surface area contributed by atoms with Crippen LogP contribution < -0.4 is 5.32 Å². The van der Waals surface area contributed by atoms with Crippen LogP contribution in [0.5, 0.6) is 0 Å². The molecule has 0 radical (unpaired) electrons. The Morgan fingerprint density at radius 3 is 2.25 bits per heavy atom. The zero-order chi connectivity index (χ0) is 17.4. The second-order valence-corrected chi connectivity index (χ2v) is 6.28. The van der Waals surface area contributed by atoms with Crippen molar-refractivity contribution < 1.29 is 14.6 Å². The van der Waals surface area contributed by atoms with E-state index in [1.165, 1.54) is 0 Å². The third-order valence-corrected chi connectivity index (χ3v) is 3.63. The van der Waals surface area contributed by atoms with E-state index < -0.39 is 6.09 Å². The molecular weight excluding hydrogens is 302 g/mol. The van der Waals surface area contributed by atoms with E-state index in [1.54, 1.807) is 0 Å². The van der Waals surface area contributed by atoms with E-state index in [4.69, 9.17) is 4.74 Å². The van der Waals surface area contributed by atoms with E-state index in [9.17, 15) is 9.90 Å². The van der Waals surface area contributed by atoms with Crippen LogP contribution in [-0.4, -0.2) is 30.5 Å². The summed E-state index contributed by atoms with van der Waals surface area (Å²) < 4.78 is 5.09. The van der Waals surface area contributed by atoms with Gasteiger partial charge in [-0.05, 0) is 29.0 Å². The lowest BCUT2D eigenvalue weighted by atomic mass is 10.0. The van der Waals surface area contributed by atoms with Crippen molar-refractivity contribution in [1.82, 2.24) is 5.32 Å². The Kier molecular flexibility index (Phi) is 6.82. The molecule has 2 N–H and O–H groups in total. The maximum atomic E-state index is 11.7. The zero-order valence-electron chi connectivity index (χ0n) is 14.2. The molecule has 0 heterocycles. The molecule has 0 fully saturated rings. The van der Waals surface area contributed by atoms with Crippen molar-refractivity contribution in [3.05, 3.63) is 60.2 Å². The Balaban J connectivity index is 1.92. The number of hydrogen-bond donors (Lipinski definition) is 2. The molecule has 0 unspecified atom stereocenters. The van der Waals surface area contributed by atoms with Gasteiger partial charge in [-0.1, -0.05) is 68.4 Å². The lowest BCUT2D eigenvalue weighted by molar-refractivity contribution is 0.123. The summed E-state index contributed by atoms with van der Waals surface area (Å²) in [5.74, 6) is 0.286. The number of amides is 1. The summed E-state index contributed by atoms with van der Waals surface area (Å²) in [5, 5.41) is 12.2. The van der Waals surface area contributed by atoms with Crippen LogP contribution >= 0.6 is 0 Å². The summed E-state index contributed by atoms with van der Waals surface area (Å²) in [5.41, 5.74) is 3.36. The number of aliphatic hydroxyl groups excluding tert-OH is 1. The van der Waals surface area contributed by atoms with Crippen molar-refractivity contribution in [3.63, 3.8) is 0 Å². The van der Waals surface area contributed by atoms with Crippen molar-refractivity contribution in [2.24, 2.45) is 5.92 Å². The number of alkyl carbamates (subject to hydrolysis) is 1. The van der Waals surface area contributed by atoms with Crippen molar-refractivity contribution in [3.8, 4) is 11.1 Å². The number of rotatable bonds is 7. The van der Waals surface area contributed by atoms with Crippen LogP contribution in [0.25, 0.3) is 11.1 Å².